The van der Waals surface area contributed by atoms with Gasteiger partial charge in [-0.2, -0.15) is 11.8 Å². The average Bonchev–Trinajstić information content (AvgIpc) is 2.25. The summed E-state index contributed by atoms with van der Waals surface area (Å²) in [4.78, 5) is 23.7. The van der Waals surface area contributed by atoms with E-state index in [-0.39, 0.29) is 5.91 Å². The molecular weight excluding hydrogens is 228 g/mol. The van der Waals surface area contributed by atoms with Crippen molar-refractivity contribution >= 4 is 23.6 Å². The quantitative estimate of drug-likeness (QED) is 0.607. The maximum absolute atomic E-state index is 11.5. The van der Waals surface area contributed by atoms with Crippen LogP contribution in [0, 0.1) is 0 Å². The molecule has 0 aromatic carbocycles. The van der Waals surface area contributed by atoms with E-state index in [1.54, 1.807) is 4.90 Å². The van der Waals surface area contributed by atoms with E-state index in [1.165, 1.54) is 11.8 Å². The van der Waals surface area contributed by atoms with Gasteiger partial charge in [-0.3, -0.25) is 9.59 Å². The Labute approximate surface area is 100 Å². The fraction of sp³-hybridized carbons (Fsp3) is 0.800. The third-order valence-corrected chi connectivity index (χ3v) is 3.21. The molecule has 5 nitrogen and oxygen atoms in total. The molecule has 0 saturated heterocycles. The first kappa shape index (κ1) is 15.2. The average molecular weight is 248 g/mol. The summed E-state index contributed by atoms with van der Waals surface area (Å²) in [5.41, 5.74) is 5.34. The molecule has 0 aromatic rings. The van der Waals surface area contributed by atoms with Gasteiger partial charge in [0.15, 0.2) is 0 Å². The minimum absolute atomic E-state index is 0.0962. The molecule has 6 heteroatoms. The largest absolute Gasteiger partial charge is 0.480 e. The van der Waals surface area contributed by atoms with Crippen molar-refractivity contribution in [3.05, 3.63) is 0 Å². The highest BCUT2D eigenvalue weighted by atomic mass is 32.2. The smallest absolute Gasteiger partial charge is 0.320 e. The molecule has 16 heavy (non-hydrogen) atoms. The first-order chi connectivity index (χ1) is 7.52. The Bertz CT molecular complexity index is 232. The normalized spacial score (nSPS) is 12.2. The lowest BCUT2D eigenvalue weighted by Gasteiger charge is -2.18. The highest BCUT2D eigenvalue weighted by Gasteiger charge is 2.12. The van der Waals surface area contributed by atoms with Crippen molar-refractivity contribution in [1.29, 1.82) is 0 Å². The number of hydrogen-bond acceptors (Lipinski definition) is 4. The lowest BCUT2D eigenvalue weighted by molar-refractivity contribution is -0.138. The Balaban J connectivity index is 3.66. The molecule has 94 valence electrons. The van der Waals surface area contributed by atoms with Crippen LogP contribution in [0.5, 0.6) is 0 Å². The lowest BCUT2D eigenvalue weighted by Crippen LogP contribution is -2.33. The second kappa shape index (κ2) is 8.41. The van der Waals surface area contributed by atoms with Gasteiger partial charge in [0.25, 0.3) is 0 Å². The van der Waals surface area contributed by atoms with Crippen LogP contribution in [0.25, 0.3) is 0 Å². The van der Waals surface area contributed by atoms with Gasteiger partial charge in [-0.15, -0.1) is 0 Å². The first-order valence-electron chi connectivity index (χ1n) is 5.36. The third-order valence-electron chi connectivity index (χ3n) is 2.23. The van der Waals surface area contributed by atoms with Crippen molar-refractivity contribution in [2.24, 2.45) is 5.73 Å². The summed E-state index contributed by atoms with van der Waals surface area (Å²) in [5.74, 6) is 0.101. The van der Waals surface area contributed by atoms with Crippen molar-refractivity contribution in [3.8, 4) is 0 Å². The number of aliphatic carboxylic acids is 1. The maximum atomic E-state index is 11.5. The summed E-state index contributed by atoms with van der Waals surface area (Å²) < 4.78 is 0. The Kier molecular flexibility index (Phi) is 8.01. The fourth-order valence-electron chi connectivity index (χ4n) is 1.16. The highest BCUT2D eigenvalue weighted by molar-refractivity contribution is 7.99. The fourth-order valence-corrected chi connectivity index (χ4v) is 2.08. The number of carboxylic acid groups (broad SMARTS) is 1. The van der Waals surface area contributed by atoms with Crippen molar-refractivity contribution in [3.63, 3.8) is 0 Å². The van der Waals surface area contributed by atoms with Crippen LogP contribution in [0.1, 0.15) is 20.3 Å². The number of carboxylic acids is 1. The first-order valence-corrected chi connectivity index (χ1v) is 6.52. The monoisotopic (exact) mass is 248 g/mol. The summed E-state index contributed by atoms with van der Waals surface area (Å²) >= 11 is 1.43. The van der Waals surface area contributed by atoms with E-state index >= 15 is 0 Å². The zero-order chi connectivity index (χ0) is 12.6. The van der Waals surface area contributed by atoms with Crippen molar-refractivity contribution in [2.45, 2.75) is 26.3 Å². The van der Waals surface area contributed by atoms with Crippen LogP contribution in [0.2, 0.25) is 0 Å². The summed E-state index contributed by atoms with van der Waals surface area (Å²) in [6, 6.07) is -0.823. The van der Waals surface area contributed by atoms with Gasteiger partial charge in [0, 0.05) is 13.1 Å². The van der Waals surface area contributed by atoms with E-state index in [0.717, 1.165) is 0 Å². The molecule has 1 unspecified atom stereocenters. The zero-order valence-electron chi connectivity index (χ0n) is 9.81. The molecule has 3 N–H and O–H groups in total. The third kappa shape index (κ3) is 5.97. The molecule has 0 rings (SSSR count). The SMILES string of the molecule is CCN(CC)C(=O)CSCCC(N)C(=O)O. The molecule has 0 aromatic heterocycles. The molecule has 0 aliphatic heterocycles. The summed E-state index contributed by atoms with van der Waals surface area (Å²) in [7, 11) is 0. The number of carbonyl (C=O) groups is 2. The molecule has 1 atom stereocenters. The van der Waals surface area contributed by atoms with Gasteiger partial charge in [0.05, 0.1) is 5.75 Å². The van der Waals surface area contributed by atoms with Gasteiger partial charge in [0.2, 0.25) is 5.91 Å². The van der Waals surface area contributed by atoms with Gasteiger partial charge in [0.1, 0.15) is 6.04 Å². The van der Waals surface area contributed by atoms with E-state index < -0.39 is 12.0 Å². The van der Waals surface area contributed by atoms with Crippen molar-refractivity contribution < 1.29 is 14.7 Å². The second-order valence-corrected chi connectivity index (χ2v) is 4.46. The Morgan fingerprint density at radius 2 is 1.94 bits per heavy atom. The van der Waals surface area contributed by atoms with Crippen molar-refractivity contribution in [1.82, 2.24) is 4.90 Å². The van der Waals surface area contributed by atoms with Crippen LogP contribution in [-0.2, 0) is 9.59 Å². The van der Waals surface area contributed by atoms with E-state index in [1.807, 2.05) is 13.8 Å². The number of carbonyl (C=O) groups excluding carboxylic acids is 1. The molecular formula is C10H20N2O3S. The molecule has 0 heterocycles. The van der Waals surface area contributed by atoms with E-state index in [2.05, 4.69) is 0 Å². The van der Waals surface area contributed by atoms with Crippen LogP contribution < -0.4 is 5.73 Å². The number of thioether (sulfide) groups is 1. The summed E-state index contributed by atoms with van der Waals surface area (Å²) in [5, 5.41) is 8.55. The van der Waals surface area contributed by atoms with Gasteiger partial charge in [-0.05, 0) is 26.0 Å². The molecule has 1 amide bonds. The maximum Gasteiger partial charge on any atom is 0.320 e. The molecule has 0 bridgehead atoms. The van der Waals surface area contributed by atoms with E-state index in [4.69, 9.17) is 10.8 Å². The molecule has 0 spiro atoms. The van der Waals surface area contributed by atoms with Gasteiger partial charge in [-0.25, -0.2) is 0 Å². The molecule has 0 saturated carbocycles. The van der Waals surface area contributed by atoms with Crippen LogP contribution in [0.15, 0.2) is 0 Å². The molecule has 0 aliphatic carbocycles. The standard InChI is InChI=1S/C10H20N2O3S/c1-3-12(4-2)9(13)7-16-6-5-8(11)10(14)15/h8H,3-7,11H2,1-2H3,(H,14,15). The Morgan fingerprint density at radius 3 is 2.38 bits per heavy atom. The number of nitrogens with two attached hydrogens (primary N) is 1. The Morgan fingerprint density at radius 1 is 1.38 bits per heavy atom. The van der Waals surface area contributed by atoms with Gasteiger partial charge in [-0.1, -0.05) is 0 Å². The zero-order valence-corrected chi connectivity index (χ0v) is 10.6. The number of rotatable bonds is 8. The Hall–Kier alpha value is -0.750. The van der Waals surface area contributed by atoms with Crippen LogP contribution in [-0.4, -0.2) is 52.5 Å². The van der Waals surface area contributed by atoms with Gasteiger partial charge >= 0.3 is 5.97 Å². The minimum atomic E-state index is -0.990. The number of nitrogens with zero attached hydrogens (tertiary/aromatic N) is 1. The van der Waals surface area contributed by atoms with E-state index in [0.29, 0.717) is 31.0 Å². The predicted molar refractivity (Wildman–Crippen MR) is 65.5 cm³/mol. The molecule has 0 radical (unpaired) electrons. The van der Waals surface area contributed by atoms with Crippen molar-refractivity contribution in [2.75, 3.05) is 24.6 Å². The summed E-state index contributed by atoms with van der Waals surface area (Å²) in [6.45, 7) is 5.30. The van der Waals surface area contributed by atoms with Crippen LogP contribution in [0.3, 0.4) is 0 Å². The van der Waals surface area contributed by atoms with E-state index in [9.17, 15) is 9.59 Å². The number of hydrogen-bond donors (Lipinski definition) is 2. The van der Waals surface area contributed by atoms with Gasteiger partial charge < -0.3 is 15.7 Å². The topological polar surface area (TPSA) is 83.6 Å². The second-order valence-electron chi connectivity index (χ2n) is 3.35. The predicted octanol–water partition coefficient (Wildman–Crippen LogP) is 0.390. The summed E-state index contributed by atoms with van der Waals surface area (Å²) in [6.07, 6.45) is 0.394. The lowest BCUT2D eigenvalue weighted by atomic mass is 10.2. The van der Waals surface area contributed by atoms with Crippen LogP contribution in [0.4, 0.5) is 0 Å². The van der Waals surface area contributed by atoms with Crippen LogP contribution >= 0.6 is 11.8 Å². The molecule has 0 fully saturated rings. The molecule has 0 aliphatic rings. The number of amides is 1. The minimum Gasteiger partial charge on any atom is -0.480 e. The highest BCUT2D eigenvalue weighted by Crippen LogP contribution is 2.06.